The third kappa shape index (κ3) is 2.89. The first-order valence-electron chi connectivity index (χ1n) is 7.58. The van der Waals surface area contributed by atoms with Crippen LogP contribution < -0.4 is 5.32 Å². The summed E-state index contributed by atoms with van der Waals surface area (Å²) in [6.45, 7) is 6.16. The van der Waals surface area contributed by atoms with Gasteiger partial charge in [-0.3, -0.25) is 0 Å². The van der Waals surface area contributed by atoms with Crippen LogP contribution in [0.2, 0.25) is 0 Å². The summed E-state index contributed by atoms with van der Waals surface area (Å²) in [6.07, 6.45) is 2.04. The summed E-state index contributed by atoms with van der Waals surface area (Å²) < 4.78 is 5.94. The van der Waals surface area contributed by atoms with E-state index in [1.165, 1.54) is 21.4 Å². The number of furan rings is 1. The van der Waals surface area contributed by atoms with Crippen molar-refractivity contribution in [2.75, 3.05) is 0 Å². The SMILES string of the molecule is CCc1ccsc1CNCc1c(CC)oc2ccccc12. The van der Waals surface area contributed by atoms with Gasteiger partial charge in [0.2, 0.25) is 0 Å². The second-order valence-electron chi connectivity index (χ2n) is 5.18. The summed E-state index contributed by atoms with van der Waals surface area (Å²) in [5.74, 6) is 1.10. The third-order valence-corrected chi connectivity index (χ3v) is 4.87. The van der Waals surface area contributed by atoms with Crippen molar-refractivity contribution in [1.29, 1.82) is 0 Å². The molecule has 0 unspecified atom stereocenters. The second-order valence-corrected chi connectivity index (χ2v) is 6.18. The predicted molar refractivity (Wildman–Crippen MR) is 89.8 cm³/mol. The van der Waals surface area contributed by atoms with Crippen molar-refractivity contribution in [3.05, 3.63) is 57.5 Å². The van der Waals surface area contributed by atoms with E-state index in [-0.39, 0.29) is 0 Å². The Hall–Kier alpha value is -1.58. The van der Waals surface area contributed by atoms with Crippen molar-refractivity contribution in [2.45, 2.75) is 39.8 Å². The van der Waals surface area contributed by atoms with Gasteiger partial charge in [0, 0.05) is 35.3 Å². The average molecular weight is 299 g/mol. The van der Waals surface area contributed by atoms with Crippen molar-refractivity contribution < 1.29 is 4.42 Å². The number of fused-ring (bicyclic) bond motifs is 1. The van der Waals surface area contributed by atoms with Crippen molar-refractivity contribution in [3.8, 4) is 0 Å². The molecule has 0 aliphatic heterocycles. The lowest BCUT2D eigenvalue weighted by Crippen LogP contribution is -2.13. The Morgan fingerprint density at radius 2 is 1.90 bits per heavy atom. The van der Waals surface area contributed by atoms with Crippen LogP contribution in [-0.2, 0) is 25.9 Å². The fourth-order valence-corrected chi connectivity index (χ4v) is 3.71. The van der Waals surface area contributed by atoms with Gasteiger partial charge >= 0.3 is 0 Å². The van der Waals surface area contributed by atoms with Crippen LogP contribution >= 0.6 is 11.3 Å². The molecule has 2 heterocycles. The van der Waals surface area contributed by atoms with Gasteiger partial charge < -0.3 is 9.73 Å². The Morgan fingerprint density at radius 1 is 1.05 bits per heavy atom. The maximum absolute atomic E-state index is 5.94. The van der Waals surface area contributed by atoms with E-state index < -0.39 is 0 Å². The first-order valence-corrected chi connectivity index (χ1v) is 8.46. The molecule has 0 atom stereocenters. The number of hydrogen-bond donors (Lipinski definition) is 1. The minimum Gasteiger partial charge on any atom is -0.461 e. The van der Waals surface area contributed by atoms with Gasteiger partial charge in [-0.05, 0) is 29.5 Å². The van der Waals surface area contributed by atoms with E-state index in [1.807, 2.05) is 23.5 Å². The molecular weight excluding hydrogens is 278 g/mol. The zero-order valence-electron chi connectivity index (χ0n) is 12.6. The van der Waals surface area contributed by atoms with E-state index in [4.69, 9.17) is 4.42 Å². The normalized spacial score (nSPS) is 11.3. The van der Waals surface area contributed by atoms with Gasteiger partial charge in [0.25, 0.3) is 0 Å². The molecule has 0 bridgehead atoms. The average Bonchev–Trinajstić information content (AvgIpc) is 3.11. The first kappa shape index (κ1) is 14.4. The Kier molecular flexibility index (Phi) is 4.42. The number of nitrogens with one attached hydrogen (secondary N) is 1. The molecule has 110 valence electrons. The van der Waals surface area contributed by atoms with Crippen LogP contribution in [0.3, 0.4) is 0 Å². The molecule has 1 N–H and O–H groups in total. The highest BCUT2D eigenvalue weighted by atomic mass is 32.1. The van der Waals surface area contributed by atoms with Gasteiger partial charge in [-0.2, -0.15) is 0 Å². The minimum atomic E-state index is 0.862. The van der Waals surface area contributed by atoms with Crippen LogP contribution in [0.25, 0.3) is 11.0 Å². The number of benzene rings is 1. The molecule has 0 aliphatic rings. The standard InChI is InChI=1S/C18H21NOS/c1-3-13-9-10-21-18(13)12-19-11-15-14-7-5-6-8-17(14)20-16(15)4-2/h5-10,19H,3-4,11-12H2,1-2H3. The molecule has 3 rings (SSSR count). The van der Waals surface area contributed by atoms with Crippen LogP contribution in [-0.4, -0.2) is 0 Å². The van der Waals surface area contributed by atoms with E-state index >= 15 is 0 Å². The molecule has 0 spiro atoms. The molecule has 3 heteroatoms. The van der Waals surface area contributed by atoms with Crippen LogP contribution in [0.5, 0.6) is 0 Å². The lowest BCUT2D eigenvalue weighted by molar-refractivity contribution is 0.544. The van der Waals surface area contributed by atoms with E-state index in [0.717, 1.165) is 37.3 Å². The lowest BCUT2D eigenvalue weighted by atomic mass is 10.1. The summed E-state index contributed by atoms with van der Waals surface area (Å²) in [5, 5.41) is 7.00. The molecule has 0 saturated heterocycles. The van der Waals surface area contributed by atoms with Crippen LogP contribution in [0.1, 0.15) is 35.6 Å². The number of hydrogen-bond acceptors (Lipinski definition) is 3. The summed E-state index contributed by atoms with van der Waals surface area (Å²) in [7, 11) is 0. The largest absolute Gasteiger partial charge is 0.461 e. The highest BCUT2D eigenvalue weighted by Crippen LogP contribution is 2.26. The highest BCUT2D eigenvalue weighted by Gasteiger charge is 2.12. The molecule has 0 aliphatic carbocycles. The molecular formula is C18H21NOS. The fraction of sp³-hybridized carbons (Fsp3) is 0.333. The first-order chi connectivity index (χ1) is 10.3. The Bertz CT molecular complexity index is 726. The topological polar surface area (TPSA) is 25.2 Å². The molecule has 21 heavy (non-hydrogen) atoms. The molecule has 2 aromatic heterocycles. The number of rotatable bonds is 6. The van der Waals surface area contributed by atoms with Crippen molar-refractivity contribution in [1.82, 2.24) is 5.32 Å². The van der Waals surface area contributed by atoms with Crippen LogP contribution in [0.4, 0.5) is 0 Å². The van der Waals surface area contributed by atoms with E-state index in [1.54, 1.807) is 0 Å². The second kappa shape index (κ2) is 6.46. The van der Waals surface area contributed by atoms with Crippen molar-refractivity contribution in [2.24, 2.45) is 0 Å². The predicted octanol–water partition coefficient (Wildman–Crippen LogP) is 4.91. The molecule has 2 nitrogen and oxygen atoms in total. The monoisotopic (exact) mass is 299 g/mol. The van der Waals surface area contributed by atoms with Crippen LogP contribution in [0, 0.1) is 0 Å². The number of para-hydroxylation sites is 1. The van der Waals surface area contributed by atoms with Gasteiger partial charge in [0.05, 0.1) is 0 Å². The van der Waals surface area contributed by atoms with E-state index in [0.29, 0.717) is 0 Å². The molecule has 1 aromatic carbocycles. The maximum Gasteiger partial charge on any atom is 0.134 e. The summed E-state index contributed by atoms with van der Waals surface area (Å²) in [5.41, 5.74) is 3.76. The Morgan fingerprint density at radius 3 is 2.71 bits per heavy atom. The number of thiophene rings is 1. The smallest absolute Gasteiger partial charge is 0.134 e. The van der Waals surface area contributed by atoms with Gasteiger partial charge in [-0.25, -0.2) is 0 Å². The molecule has 0 amide bonds. The van der Waals surface area contributed by atoms with Gasteiger partial charge in [-0.1, -0.05) is 32.0 Å². The van der Waals surface area contributed by atoms with E-state index in [9.17, 15) is 0 Å². The zero-order valence-corrected chi connectivity index (χ0v) is 13.4. The Labute approximate surface area is 129 Å². The lowest BCUT2D eigenvalue weighted by Gasteiger charge is -2.05. The van der Waals surface area contributed by atoms with Gasteiger partial charge in [-0.15, -0.1) is 11.3 Å². The van der Waals surface area contributed by atoms with Crippen molar-refractivity contribution in [3.63, 3.8) is 0 Å². The maximum atomic E-state index is 5.94. The summed E-state index contributed by atoms with van der Waals surface area (Å²) in [6, 6.07) is 10.5. The van der Waals surface area contributed by atoms with Gasteiger partial charge in [0.15, 0.2) is 0 Å². The van der Waals surface area contributed by atoms with E-state index in [2.05, 4.69) is 42.7 Å². The molecule has 0 saturated carbocycles. The minimum absolute atomic E-state index is 0.862. The fourth-order valence-electron chi connectivity index (χ4n) is 2.77. The summed E-state index contributed by atoms with van der Waals surface area (Å²) >= 11 is 1.84. The summed E-state index contributed by atoms with van der Waals surface area (Å²) in [4.78, 5) is 1.45. The highest BCUT2D eigenvalue weighted by molar-refractivity contribution is 7.10. The quantitative estimate of drug-likeness (QED) is 0.699. The Balaban J connectivity index is 1.76. The van der Waals surface area contributed by atoms with Crippen LogP contribution in [0.15, 0.2) is 40.1 Å². The third-order valence-electron chi connectivity index (χ3n) is 3.91. The van der Waals surface area contributed by atoms with Crippen molar-refractivity contribution >= 4 is 22.3 Å². The molecule has 0 fully saturated rings. The number of aryl methyl sites for hydroxylation is 2. The molecule has 3 aromatic rings. The van der Waals surface area contributed by atoms with Gasteiger partial charge in [0.1, 0.15) is 11.3 Å². The zero-order chi connectivity index (χ0) is 14.7. The molecule has 0 radical (unpaired) electrons.